The maximum Gasteiger partial charge on any atom is 0.332 e. The van der Waals surface area contributed by atoms with Crippen molar-refractivity contribution in [3.63, 3.8) is 0 Å². The van der Waals surface area contributed by atoms with Gasteiger partial charge >= 0.3 is 5.69 Å². The summed E-state index contributed by atoms with van der Waals surface area (Å²) < 4.78 is 4.45. The minimum absolute atomic E-state index is 0.0441. The molecule has 0 bridgehead atoms. The van der Waals surface area contributed by atoms with Gasteiger partial charge in [-0.15, -0.1) is 5.92 Å². The van der Waals surface area contributed by atoms with Gasteiger partial charge < -0.3 is 10.6 Å². The van der Waals surface area contributed by atoms with Crippen molar-refractivity contribution in [3.05, 3.63) is 55.7 Å². The van der Waals surface area contributed by atoms with Crippen molar-refractivity contribution in [1.29, 1.82) is 0 Å². The Morgan fingerprint density at radius 1 is 1.29 bits per heavy atom. The summed E-state index contributed by atoms with van der Waals surface area (Å²) in [5.74, 6) is 6.54. The molecule has 162 valence electrons. The summed E-state index contributed by atoms with van der Waals surface area (Å²) in [6.07, 6.45) is 1.90. The predicted octanol–water partition coefficient (Wildman–Crippen LogP) is 1.55. The molecule has 1 atom stereocenters. The molecular weight excluding hydrogens is 416 g/mol. The summed E-state index contributed by atoms with van der Waals surface area (Å²) in [4.78, 5) is 33.3. The summed E-state index contributed by atoms with van der Waals surface area (Å²) >= 11 is 6.08. The fourth-order valence-electron chi connectivity index (χ4n) is 4.06. The Bertz CT molecular complexity index is 1310. The van der Waals surface area contributed by atoms with Gasteiger partial charge in [-0.3, -0.25) is 18.5 Å². The SMILES string of the molecule is CC#CCn1c(N2CCC[C@@H](N)C2)nc2c1c(=O)n(Cc1cccc(Cl)c1)c(=O)n2C. The van der Waals surface area contributed by atoms with E-state index in [-0.39, 0.29) is 12.6 Å². The minimum Gasteiger partial charge on any atom is -0.341 e. The molecule has 8 nitrogen and oxygen atoms in total. The van der Waals surface area contributed by atoms with Crippen molar-refractivity contribution in [1.82, 2.24) is 18.7 Å². The maximum atomic E-state index is 13.5. The number of nitrogens with zero attached hydrogens (tertiary/aromatic N) is 5. The van der Waals surface area contributed by atoms with Gasteiger partial charge in [0.1, 0.15) is 0 Å². The molecule has 2 aromatic heterocycles. The summed E-state index contributed by atoms with van der Waals surface area (Å²) in [5, 5.41) is 0.551. The lowest BCUT2D eigenvalue weighted by Crippen LogP contribution is -2.44. The summed E-state index contributed by atoms with van der Waals surface area (Å²) in [6.45, 7) is 3.62. The molecule has 0 aliphatic carbocycles. The van der Waals surface area contributed by atoms with Gasteiger partial charge in [0.15, 0.2) is 11.2 Å². The second-order valence-electron chi connectivity index (χ2n) is 7.81. The number of nitrogens with two attached hydrogens (primary N) is 1. The highest BCUT2D eigenvalue weighted by molar-refractivity contribution is 6.30. The number of imidazole rings is 1. The lowest BCUT2D eigenvalue weighted by atomic mass is 10.1. The van der Waals surface area contributed by atoms with E-state index in [1.807, 2.05) is 6.07 Å². The maximum absolute atomic E-state index is 13.5. The van der Waals surface area contributed by atoms with E-state index in [0.717, 1.165) is 24.9 Å². The van der Waals surface area contributed by atoms with Crippen molar-refractivity contribution in [2.24, 2.45) is 12.8 Å². The number of benzene rings is 1. The topological polar surface area (TPSA) is 91.1 Å². The average molecular weight is 441 g/mol. The predicted molar refractivity (Wildman–Crippen MR) is 123 cm³/mol. The van der Waals surface area contributed by atoms with E-state index in [4.69, 9.17) is 22.3 Å². The molecule has 3 heterocycles. The quantitative estimate of drug-likeness (QED) is 0.621. The number of aromatic nitrogens is 4. The largest absolute Gasteiger partial charge is 0.341 e. The Labute approximate surface area is 184 Å². The number of hydrogen-bond donors (Lipinski definition) is 1. The van der Waals surface area contributed by atoms with E-state index >= 15 is 0 Å². The van der Waals surface area contributed by atoms with Crippen molar-refractivity contribution in [3.8, 4) is 11.8 Å². The number of fused-ring (bicyclic) bond motifs is 1. The number of aryl methyl sites for hydroxylation is 1. The van der Waals surface area contributed by atoms with Gasteiger partial charge in [0.25, 0.3) is 5.56 Å². The van der Waals surface area contributed by atoms with E-state index in [9.17, 15) is 9.59 Å². The first-order valence-electron chi connectivity index (χ1n) is 10.3. The van der Waals surface area contributed by atoms with E-state index < -0.39 is 11.2 Å². The highest BCUT2D eigenvalue weighted by Gasteiger charge is 2.26. The molecule has 0 saturated carbocycles. The molecule has 2 N–H and O–H groups in total. The summed E-state index contributed by atoms with van der Waals surface area (Å²) in [5.41, 5.74) is 6.84. The lowest BCUT2D eigenvalue weighted by Gasteiger charge is -2.31. The van der Waals surface area contributed by atoms with Crippen LogP contribution in [-0.2, 0) is 20.1 Å². The van der Waals surface area contributed by atoms with Crippen LogP contribution in [0.25, 0.3) is 11.2 Å². The zero-order chi connectivity index (χ0) is 22.1. The Balaban J connectivity index is 1.93. The molecule has 1 aliphatic heterocycles. The van der Waals surface area contributed by atoms with Crippen LogP contribution in [0.2, 0.25) is 5.02 Å². The fraction of sp³-hybridized carbons (Fsp3) is 0.409. The van der Waals surface area contributed by atoms with Crippen molar-refractivity contribution in [2.45, 2.75) is 38.9 Å². The van der Waals surface area contributed by atoms with E-state index in [0.29, 0.717) is 35.2 Å². The minimum atomic E-state index is -0.425. The monoisotopic (exact) mass is 440 g/mol. The van der Waals surface area contributed by atoms with Gasteiger partial charge in [0, 0.05) is 31.2 Å². The van der Waals surface area contributed by atoms with Gasteiger partial charge in [-0.2, -0.15) is 4.98 Å². The number of rotatable bonds is 4. The van der Waals surface area contributed by atoms with E-state index in [1.54, 1.807) is 36.7 Å². The Kier molecular flexibility index (Phi) is 5.90. The molecule has 1 fully saturated rings. The first-order valence-corrected chi connectivity index (χ1v) is 10.6. The van der Waals surface area contributed by atoms with Gasteiger partial charge in [-0.25, -0.2) is 4.79 Å². The highest BCUT2D eigenvalue weighted by atomic mass is 35.5. The van der Waals surface area contributed by atoms with Crippen LogP contribution < -0.4 is 21.9 Å². The standard InChI is InChI=1S/C22H25ClN6O2/c1-3-4-11-28-18-19(25-21(28)27-10-6-9-17(24)14-27)26(2)22(31)29(20(18)30)13-15-7-5-8-16(23)12-15/h5,7-8,12,17H,6,9-11,13-14,24H2,1-2H3/t17-/m1/s1. The molecule has 0 unspecified atom stereocenters. The van der Waals surface area contributed by atoms with Crippen LogP contribution in [-0.4, -0.2) is 37.8 Å². The Morgan fingerprint density at radius 2 is 2.10 bits per heavy atom. The van der Waals surface area contributed by atoms with Gasteiger partial charge in [-0.05, 0) is 37.5 Å². The van der Waals surface area contributed by atoms with Gasteiger partial charge in [-0.1, -0.05) is 29.7 Å². The van der Waals surface area contributed by atoms with Crippen LogP contribution >= 0.6 is 11.6 Å². The summed E-state index contributed by atoms with van der Waals surface area (Å²) in [6, 6.07) is 7.18. The first-order chi connectivity index (χ1) is 14.9. The molecule has 9 heteroatoms. The molecule has 3 aromatic rings. The first kappa shape index (κ1) is 21.2. The second-order valence-corrected chi connectivity index (χ2v) is 8.24. The summed E-state index contributed by atoms with van der Waals surface area (Å²) in [7, 11) is 1.63. The Morgan fingerprint density at radius 3 is 2.81 bits per heavy atom. The number of hydrogen-bond acceptors (Lipinski definition) is 5. The van der Waals surface area contributed by atoms with E-state index in [2.05, 4.69) is 16.7 Å². The molecule has 0 radical (unpaired) electrons. The zero-order valence-electron chi connectivity index (χ0n) is 17.6. The van der Waals surface area contributed by atoms with Crippen LogP contribution in [0, 0.1) is 11.8 Å². The molecule has 0 amide bonds. The van der Waals surface area contributed by atoms with Crippen molar-refractivity contribution < 1.29 is 0 Å². The van der Waals surface area contributed by atoms with Gasteiger partial charge in [0.05, 0.1) is 13.1 Å². The third-order valence-corrected chi connectivity index (χ3v) is 5.83. The molecule has 31 heavy (non-hydrogen) atoms. The molecule has 1 aliphatic rings. The highest BCUT2D eigenvalue weighted by Crippen LogP contribution is 2.23. The van der Waals surface area contributed by atoms with Crippen LogP contribution in [0.5, 0.6) is 0 Å². The molecule has 0 spiro atoms. The Hall–Kier alpha value is -3.02. The number of piperidine rings is 1. The van der Waals surface area contributed by atoms with Crippen LogP contribution in [0.15, 0.2) is 33.9 Å². The smallest absolute Gasteiger partial charge is 0.332 e. The van der Waals surface area contributed by atoms with Crippen molar-refractivity contribution in [2.75, 3.05) is 18.0 Å². The zero-order valence-corrected chi connectivity index (χ0v) is 18.4. The average Bonchev–Trinajstić information content (AvgIpc) is 3.13. The van der Waals surface area contributed by atoms with Gasteiger partial charge in [0.2, 0.25) is 5.95 Å². The molecule has 1 saturated heterocycles. The third-order valence-electron chi connectivity index (χ3n) is 5.60. The number of halogens is 1. The molecular formula is C22H25ClN6O2. The number of anilines is 1. The lowest BCUT2D eigenvalue weighted by molar-refractivity contribution is 0.496. The third kappa shape index (κ3) is 3.99. The molecule has 1 aromatic carbocycles. The second kappa shape index (κ2) is 8.61. The van der Waals surface area contributed by atoms with Crippen LogP contribution in [0.3, 0.4) is 0 Å². The van der Waals surface area contributed by atoms with Crippen LogP contribution in [0.1, 0.15) is 25.3 Å². The molecule has 4 rings (SSSR count). The van der Waals surface area contributed by atoms with Crippen molar-refractivity contribution >= 4 is 28.7 Å². The van der Waals surface area contributed by atoms with E-state index in [1.165, 1.54) is 9.13 Å². The van der Waals surface area contributed by atoms with Crippen LogP contribution in [0.4, 0.5) is 5.95 Å². The fourth-order valence-corrected chi connectivity index (χ4v) is 4.27. The normalized spacial score (nSPS) is 16.4.